The molecule has 10 heteroatoms. The van der Waals surface area contributed by atoms with Crippen molar-refractivity contribution in [1.29, 1.82) is 0 Å². The number of carbonyl (C=O) groups excluding carboxylic acids is 2. The van der Waals surface area contributed by atoms with Gasteiger partial charge in [0, 0.05) is 0 Å². The van der Waals surface area contributed by atoms with E-state index in [1.807, 2.05) is 0 Å². The van der Waals surface area contributed by atoms with Crippen LogP contribution in [0.2, 0.25) is 0 Å². The SMILES string of the molecule is O=C(OO)c1ccccc1O.O=C1O[C@H]([C@@H](O)CO)C(O)=C1O. The van der Waals surface area contributed by atoms with Crippen molar-refractivity contribution in [3.63, 3.8) is 0 Å². The first-order valence-electron chi connectivity index (χ1n) is 6.09. The van der Waals surface area contributed by atoms with E-state index in [0.29, 0.717) is 0 Å². The van der Waals surface area contributed by atoms with Crippen LogP contribution in [-0.2, 0) is 14.4 Å². The molecule has 2 rings (SSSR count). The first-order valence-corrected chi connectivity index (χ1v) is 6.09. The van der Waals surface area contributed by atoms with Crippen LogP contribution in [0.25, 0.3) is 0 Å². The number of cyclic esters (lactones) is 1. The molecule has 0 spiro atoms. The summed E-state index contributed by atoms with van der Waals surface area (Å²) in [7, 11) is 0. The van der Waals surface area contributed by atoms with Gasteiger partial charge in [0.05, 0.1) is 6.61 Å². The van der Waals surface area contributed by atoms with Gasteiger partial charge in [0.25, 0.3) is 0 Å². The van der Waals surface area contributed by atoms with E-state index in [2.05, 4.69) is 9.62 Å². The predicted octanol–water partition coefficient (Wildman–Crippen LogP) is -0.385. The van der Waals surface area contributed by atoms with Gasteiger partial charge in [-0.25, -0.2) is 9.59 Å². The Labute approximate surface area is 129 Å². The molecule has 10 nitrogen and oxygen atoms in total. The summed E-state index contributed by atoms with van der Waals surface area (Å²) in [5.74, 6) is -3.96. The minimum Gasteiger partial charge on any atom is -0.507 e. The molecule has 23 heavy (non-hydrogen) atoms. The number of benzene rings is 1. The predicted molar refractivity (Wildman–Crippen MR) is 71.4 cm³/mol. The van der Waals surface area contributed by atoms with Crippen LogP contribution >= 0.6 is 0 Å². The molecule has 2 atom stereocenters. The number of aliphatic hydroxyl groups excluding tert-OH is 4. The van der Waals surface area contributed by atoms with Crippen LogP contribution in [0.4, 0.5) is 0 Å². The van der Waals surface area contributed by atoms with Crippen molar-refractivity contribution in [3.05, 3.63) is 41.3 Å². The number of aliphatic hydroxyl groups is 4. The van der Waals surface area contributed by atoms with Crippen molar-refractivity contribution in [3.8, 4) is 5.75 Å². The van der Waals surface area contributed by atoms with E-state index in [1.54, 1.807) is 12.1 Å². The average molecular weight is 330 g/mol. The Morgan fingerprint density at radius 2 is 1.87 bits per heavy atom. The first kappa shape index (κ1) is 18.2. The maximum absolute atomic E-state index is 10.6. The summed E-state index contributed by atoms with van der Waals surface area (Å²) in [6.45, 7) is -0.671. The van der Waals surface area contributed by atoms with Gasteiger partial charge in [-0.2, -0.15) is 5.26 Å². The molecule has 126 valence electrons. The summed E-state index contributed by atoms with van der Waals surface area (Å²) in [6.07, 6.45) is -2.78. The fraction of sp³-hybridized carbons (Fsp3) is 0.231. The minimum atomic E-state index is -1.42. The number of phenols is 1. The van der Waals surface area contributed by atoms with Crippen LogP contribution in [-0.4, -0.2) is 61.5 Å². The summed E-state index contributed by atoms with van der Waals surface area (Å²) < 4.78 is 4.32. The van der Waals surface area contributed by atoms with Crippen molar-refractivity contribution in [1.82, 2.24) is 0 Å². The maximum atomic E-state index is 10.6. The van der Waals surface area contributed by atoms with Gasteiger partial charge in [0.15, 0.2) is 11.9 Å². The number of carbonyl (C=O) groups is 2. The largest absolute Gasteiger partial charge is 0.507 e. The molecule has 0 unspecified atom stereocenters. The maximum Gasteiger partial charge on any atom is 0.377 e. The molecule has 0 saturated carbocycles. The topological polar surface area (TPSA) is 174 Å². The van der Waals surface area contributed by atoms with E-state index in [1.165, 1.54) is 12.1 Å². The van der Waals surface area contributed by atoms with E-state index in [0.717, 1.165) is 0 Å². The number of para-hydroxylation sites is 1. The molecule has 0 amide bonds. The van der Waals surface area contributed by atoms with E-state index in [4.69, 9.17) is 30.8 Å². The number of hydrogen-bond acceptors (Lipinski definition) is 10. The molecule has 6 N–H and O–H groups in total. The molecule has 0 aliphatic carbocycles. The van der Waals surface area contributed by atoms with Crippen LogP contribution in [0.5, 0.6) is 5.75 Å². The highest BCUT2D eigenvalue weighted by Crippen LogP contribution is 2.20. The van der Waals surface area contributed by atoms with Crippen LogP contribution in [0.1, 0.15) is 10.4 Å². The Kier molecular flexibility index (Phi) is 6.33. The van der Waals surface area contributed by atoms with Gasteiger partial charge >= 0.3 is 11.9 Å². The number of ether oxygens (including phenoxy) is 1. The second kappa shape index (κ2) is 7.98. The van der Waals surface area contributed by atoms with Crippen molar-refractivity contribution < 1.29 is 50.0 Å². The number of rotatable bonds is 3. The summed E-state index contributed by atoms with van der Waals surface area (Å²) in [4.78, 5) is 24.6. The molecule has 0 saturated heterocycles. The lowest BCUT2D eigenvalue weighted by atomic mass is 10.2. The Bertz CT molecular complexity index is 609. The fourth-order valence-corrected chi connectivity index (χ4v) is 1.52. The Morgan fingerprint density at radius 1 is 1.26 bits per heavy atom. The van der Waals surface area contributed by atoms with Gasteiger partial charge < -0.3 is 30.3 Å². The summed E-state index contributed by atoms with van der Waals surface area (Å²) in [5, 5.41) is 52.0. The molecule has 0 radical (unpaired) electrons. The zero-order chi connectivity index (χ0) is 17.6. The molecular weight excluding hydrogens is 316 g/mol. The van der Waals surface area contributed by atoms with Gasteiger partial charge in [-0.15, -0.1) is 0 Å². The standard InChI is InChI=1S/C7H6O4.C6H8O6/c8-6-4-2-1-3-5(6)7(9)11-10;7-1-2(8)5-3(9)4(10)6(11)12-5/h1-4,8,10H;2,5,7-10H,1H2/t;2-,5+/m.0/s1. The van der Waals surface area contributed by atoms with Gasteiger partial charge in [-0.3, -0.25) is 4.89 Å². The number of phenolic OH excluding ortho intramolecular Hbond substituents is 1. The molecule has 0 bridgehead atoms. The van der Waals surface area contributed by atoms with E-state index in [9.17, 15) is 9.59 Å². The third-order valence-corrected chi connectivity index (χ3v) is 2.68. The lowest BCUT2D eigenvalue weighted by Crippen LogP contribution is -2.31. The Balaban J connectivity index is 0.000000231. The van der Waals surface area contributed by atoms with Gasteiger partial charge in [-0.05, 0) is 12.1 Å². The van der Waals surface area contributed by atoms with Crippen molar-refractivity contribution >= 4 is 11.9 Å². The zero-order valence-electron chi connectivity index (χ0n) is 11.5. The van der Waals surface area contributed by atoms with Crippen LogP contribution in [0, 0.1) is 0 Å². The zero-order valence-corrected chi connectivity index (χ0v) is 11.5. The lowest BCUT2D eigenvalue weighted by molar-refractivity contribution is -0.182. The smallest absolute Gasteiger partial charge is 0.377 e. The van der Waals surface area contributed by atoms with Crippen LogP contribution < -0.4 is 0 Å². The van der Waals surface area contributed by atoms with E-state index < -0.39 is 42.3 Å². The van der Waals surface area contributed by atoms with Crippen LogP contribution in [0.15, 0.2) is 35.8 Å². The van der Waals surface area contributed by atoms with E-state index >= 15 is 0 Å². The molecule has 1 heterocycles. The fourth-order valence-electron chi connectivity index (χ4n) is 1.52. The van der Waals surface area contributed by atoms with Crippen molar-refractivity contribution in [2.24, 2.45) is 0 Å². The minimum absolute atomic E-state index is 0.0602. The molecule has 0 aromatic heterocycles. The molecular formula is C13H14O10. The van der Waals surface area contributed by atoms with Gasteiger partial charge in [0.2, 0.25) is 5.76 Å². The highest BCUT2D eigenvalue weighted by Gasteiger charge is 2.38. The molecule has 0 fully saturated rings. The highest BCUT2D eigenvalue weighted by molar-refractivity contribution is 5.91. The quantitative estimate of drug-likeness (QED) is 0.243. The van der Waals surface area contributed by atoms with Crippen molar-refractivity contribution in [2.45, 2.75) is 12.2 Å². The highest BCUT2D eigenvalue weighted by atomic mass is 17.1. The van der Waals surface area contributed by atoms with Gasteiger partial charge in [0.1, 0.15) is 17.4 Å². The second-order valence-corrected chi connectivity index (χ2v) is 4.21. The first-order chi connectivity index (χ1) is 10.8. The number of aromatic hydroxyl groups is 1. The molecule has 1 aliphatic rings. The third-order valence-electron chi connectivity index (χ3n) is 2.68. The molecule has 1 aromatic carbocycles. The van der Waals surface area contributed by atoms with Crippen molar-refractivity contribution in [2.75, 3.05) is 6.61 Å². The van der Waals surface area contributed by atoms with Crippen LogP contribution in [0.3, 0.4) is 0 Å². The van der Waals surface area contributed by atoms with Gasteiger partial charge in [-0.1, -0.05) is 12.1 Å². The number of esters is 1. The Hall–Kier alpha value is -2.82. The monoisotopic (exact) mass is 330 g/mol. The summed E-state index contributed by atoms with van der Waals surface area (Å²) in [6, 6.07) is 5.77. The molecule has 1 aromatic rings. The Morgan fingerprint density at radius 3 is 2.30 bits per heavy atom. The normalized spacial score (nSPS) is 17.9. The lowest BCUT2D eigenvalue weighted by Gasteiger charge is -2.13. The summed E-state index contributed by atoms with van der Waals surface area (Å²) >= 11 is 0. The van der Waals surface area contributed by atoms with E-state index in [-0.39, 0.29) is 11.3 Å². The number of hydrogen-bond donors (Lipinski definition) is 6. The molecule has 1 aliphatic heterocycles. The average Bonchev–Trinajstić information content (AvgIpc) is 2.82. The third kappa shape index (κ3) is 4.32. The summed E-state index contributed by atoms with van der Waals surface area (Å²) in [5.41, 5.74) is -0.0602. The second-order valence-electron chi connectivity index (χ2n) is 4.21.